The Morgan fingerprint density at radius 2 is 2.04 bits per heavy atom. The van der Waals surface area contributed by atoms with Crippen molar-refractivity contribution in [2.24, 2.45) is 0 Å². The van der Waals surface area contributed by atoms with Gasteiger partial charge in [0.1, 0.15) is 0 Å². The number of hydrogen-bond donors (Lipinski definition) is 2. The molecule has 2 aromatic rings. The minimum Gasteiger partial charge on any atom is -0.375 e. The van der Waals surface area contributed by atoms with Crippen LogP contribution in [-0.4, -0.2) is 24.4 Å². The number of anilines is 3. The summed E-state index contributed by atoms with van der Waals surface area (Å²) >= 11 is 12.1. The smallest absolute Gasteiger partial charge is 0.246 e. The van der Waals surface area contributed by atoms with Gasteiger partial charge in [0.25, 0.3) is 0 Å². The summed E-state index contributed by atoms with van der Waals surface area (Å²) in [6, 6.07) is 12.0. The molecule has 0 spiro atoms. The molecule has 0 saturated carbocycles. The van der Waals surface area contributed by atoms with Crippen molar-refractivity contribution in [3.05, 3.63) is 52.5 Å². The first-order valence-electron chi connectivity index (χ1n) is 7.85. The Morgan fingerprint density at radius 1 is 1.28 bits per heavy atom. The monoisotopic (exact) mass is 377 g/mol. The van der Waals surface area contributed by atoms with Gasteiger partial charge in [-0.1, -0.05) is 35.3 Å². The fourth-order valence-corrected chi connectivity index (χ4v) is 3.21. The zero-order valence-corrected chi connectivity index (χ0v) is 15.1. The summed E-state index contributed by atoms with van der Waals surface area (Å²) in [4.78, 5) is 26.5. The van der Waals surface area contributed by atoms with Crippen molar-refractivity contribution >= 4 is 52.1 Å². The first kappa shape index (κ1) is 17.6. The Bertz CT molecular complexity index is 826. The molecule has 0 radical (unpaired) electrons. The molecule has 0 saturated heterocycles. The van der Waals surface area contributed by atoms with Gasteiger partial charge in [0.2, 0.25) is 11.8 Å². The van der Waals surface area contributed by atoms with Gasteiger partial charge in [-0.25, -0.2) is 0 Å². The van der Waals surface area contributed by atoms with Gasteiger partial charge in [-0.05, 0) is 37.3 Å². The minimum atomic E-state index is -0.257. The fraction of sp³-hybridized carbons (Fsp3) is 0.222. The first-order valence-corrected chi connectivity index (χ1v) is 8.61. The van der Waals surface area contributed by atoms with Crippen molar-refractivity contribution in [2.45, 2.75) is 19.4 Å². The molecule has 1 heterocycles. The average molecular weight is 378 g/mol. The van der Waals surface area contributed by atoms with Crippen LogP contribution in [0.4, 0.5) is 17.1 Å². The average Bonchev–Trinajstić information content (AvgIpc) is 2.69. The number of hydrogen-bond acceptors (Lipinski definition) is 3. The summed E-state index contributed by atoms with van der Waals surface area (Å²) in [7, 11) is 0. The van der Waals surface area contributed by atoms with Gasteiger partial charge in [0, 0.05) is 17.5 Å². The van der Waals surface area contributed by atoms with Crippen molar-refractivity contribution in [3.63, 3.8) is 0 Å². The van der Waals surface area contributed by atoms with E-state index in [1.165, 1.54) is 0 Å². The van der Waals surface area contributed by atoms with Crippen molar-refractivity contribution in [1.29, 1.82) is 0 Å². The lowest BCUT2D eigenvalue weighted by Crippen LogP contribution is -2.42. The second-order valence-corrected chi connectivity index (χ2v) is 6.70. The minimum absolute atomic E-state index is 0.0346. The second kappa shape index (κ2) is 7.33. The molecule has 0 fully saturated rings. The molecule has 1 aliphatic heterocycles. The maximum absolute atomic E-state index is 12.8. The predicted molar refractivity (Wildman–Crippen MR) is 102 cm³/mol. The third-order valence-electron chi connectivity index (χ3n) is 3.99. The van der Waals surface area contributed by atoms with Gasteiger partial charge < -0.3 is 15.5 Å². The van der Waals surface area contributed by atoms with E-state index in [-0.39, 0.29) is 30.8 Å². The number of carbonyl (C=O) groups is 2. The Kier molecular flexibility index (Phi) is 5.16. The van der Waals surface area contributed by atoms with Crippen LogP contribution in [0.15, 0.2) is 42.5 Å². The molecule has 5 nitrogen and oxygen atoms in total. The molecule has 3 rings (SSSR count). The number of nitrogens with one attached hydrogen (secondary N) is 2. The fourth-order valence-electron chi connectivity index (χ4n) is 2.86. The number of nitrogens with zero attached hydrogens (tertiary/aromatic N) is 1. The highest BCUT2D eigenvalue weighted by molar-refractivity contribution is 6.35. The standard InChI is InChI=1S/C18H17Cl2N3O2/c1-11-8-17(24)22-14-4-2-3-5-16(14)23(11)18(25)10-21-15-9-12(19)6-7-13(15)20/h2-7,9,11,21H,8,10H2,1H3,(H,22,24). The third-order valence-corrected chi connectivity index (χ3v) is 4.55. The molecular weight excluding hydrogens is 361 g/mol. The Balaban J connectivity index is 1.83. The molecular formula is C18H17Cl2N3O2. The first-order chi connectivity index (χ1) is 12.0. The van der Waals surface area contributed by atoms with E-state index in [1.807, 2.05) is 25.1 Å². The van der Waals surface area contributed by atoms with Crippen LogP contribution in [0.5, 0.6) is 0 Å². The highest BCUT2D eigenvalue weighted by atomic mass is 35.5. The maximum Gasteiger partial charge on any atom is 0.246 e. The summed E-state index contributed by atoms with van der Waals surface area (Å²) in [5, 5.41) is 6.87. The number of amides is 2. The summed E-state index contributed by atoms with van der Waals surface area (Å²) in [5.41, 5.74) is 1.91. The molecule has 130 valence electrons. The molecule has 2 amide bonds. The molecule has 1 aliphatic rings. The van der Waals surface area contributed by atoms with Gasteiger partial charge in [0.05, 0.1) is 28.6 Å². The zero-order valence-electron chi connectivity index (χ0n) is 13.6. The number of benzene rings is 2. The van der Waals surface area contributed by atoms with Crippen LogP contribution in [-0.2, 0) is 9.59 Å². The number of halogens is 2. The van der Waals surface area contributed by atoms with E-state index in [9.17, 15) is 9.59 Å². The lowest BCUT2D eigenvalue weighted by Gasteiger charge is -2.28. The summed E-state index contributed by atoms with van der Waals surface area (Å²) < 4.78 is 0. The largest absolute Gasteiger partial charge is 0.375 e. The summed E-state index contributed by atoms with van der Waals surface area (Å²) in [6.07, 6.45) is 0.234. The van der Waals surface area contributed by atoms with E-state index in [0.29, 0.717) is 27.1 Å². The number of rotatable bonds is 3. The van der Waals surface area contributed by atoms with Gasteiger partial charge in [-0.15, -0.1) is 0 Å². The normalized spacial score (nSPS) is 16.7. The van der Waals surface area contributed by atoms with E-state index >= 15 is 0 Å². The number of fused-ring (bicyclic) bond motifs is 1. The lowest BCUT2D eigenvalue weighted by atomic mass is 10.1. The predicted octanol–water partition coefficient (Wildman–Crippen LogP) is 4.17. The quantitative estimate of drug-likeness (QED) is 0.843. The Hall–Kier alpha value is -2.24. The topological polar surface area (TPSA) is 61.4 Å². The molecule has 1 unspecified atom stereocenters. The molecule has 2 N–H and O–H groups in total. The highest BCUT2D eigenvalue weighted by Gasteiger charge is 2.29. The zero-order chi connectivity index (χ0) is 18.0. The van der Waals surface area contributed by atoms with Crippen molar-refractivity contribution < 1.29 is 9.59 Å². The van der Waals surface area contributed by atoms with E-state index in [0.717, 1.165) is 0 Å². The van der Waals surface area contributed by atoms with E-state index in [2.05, 4.69) is 10.6 Å². The van der Waals surface area contributed by atoms with Crippen LogP contribution in [0, 0.1) is 0 Å². The molecule has 0 aromatic heterocycles. The van der Waals surface area contributed by atoms with Gasteiger partial charge in [-0.2, -0.15) is 0 Å². The van der Waals surface area contributed by atoms with Crippen molar-refractivity contribution in [3.8, 4) is 0 Å². The van der Waals surface area contributed by atoms with Crippen LogP contribution in [0.1, 0.15) is 13.3 Å². The van der Waals surface area contributed by atoms with E-state index < -0.39 is 0 Å². The molecule has 7 heteroatoms. The van der Waals surface area contributed by atoms with E-state index in [1.54, 1.807) is 29.2 Å². The Labute approximate surface area is 155 Å². The van der Waals surface area contributed by atoms with Crippen LogP contribution in [0.2, 0.25) is 10.0 Å². The Morgan fingerprint density at radius 3 is 2.84 bits per heavy atom. The van der Waals surface area contributed by atoms with Gasteiger partial charge in [0.15, 0.2) is 0 Å². The molecule has 0 aliphatic carbocycles. The maximum atomic E-state index is 12.8. The van der Waals surface area contributed by atoms with Crippen molar-refractivity contribution in [1.82, 2.24) is 0 Å². The SMILES string of the molecule is CC1CC(=O)Nc2ccccc2N1C(=O)CNc1cc(Cl)ccc1Cl. The van der Waals surface area contributed by atoms with Gasteiger partial charge >= 0.3 is 0 Å². The number of carbonyl (C=O) groups excluding carboxylic acids is 2. The molecule has 0 bridgehead atoms. The van der Waals surface area contributed by atoms with Crippen LogP contribution >= 0.6 is 23.2 Å². The highest BCUT2D eigenvalue weighted by Crippen LogP contribution is 2.31. The second-order valence-electron chi connectivity index (χ2n) is 5.86. The number of para-hydroxylation sites is 2. The van der Waals surface area contributed by atoms with Crippen LogP contribution < -0.4 is 15.5 Å². The molecule has 25 heavy (non-hydrogen) atoms. The van der Waals surface area contributed by atoms with Crippen LogP contribution in [0.3, 0.4) is 0 Å². The third kappa shape index (κ3) is 3.89. The lowest BCUT2D eigenvalue weighted by molar-refractivity contribution is -0.118. The molecule has 2 aromatic carbocycles. The van der Waals surface area contributed by atoms with Crippen LogP contribution in [0.25, 0.3) is 0 Å². The van der Waals surface area contributed by atoms with Crippen molar-refractivity contribution in [2.75, 3.05) is 22.1 Å². The summed E-state index contributed by atoms with van der Waals surface area (Å²) in [5.74, 6) is -0.270. The summed E-state index contributed by atoms with van der Waals surface area (Å²) in [6.45, 7) is 1.89. The molecule has 1 atom stereocenters. The van der Waals surface area contributed by atoms with E-state index in [4.69, 9.17) is 23.2 Å². The van der Waals surface area contributed by atoms with Gasteiger partial charge in [-0.3, -0.25) is 9.59 Å².